The third kappa shape index (κ3) is 11.3. The monoisotopic (exact) mass is 452 g/mol. The Morgan fingerprint density at radius 1 is 1.06 bits per heavy atom. The molecule has 2 N–H and O–H groups in total. The molecule has 2 amide bonds. The van der Waals surface area contributed by atoms with E-state index in [2.05, 4.69) is 12.2 Å². The fourth-order valence-corrected chi connectivity index (χ4v) is 2.87. The second-order valence-corrected chi connectivity index (χ2v) is 7.69. The molecule has 1 rings (SSSR count). The number of carboxylic acid groups (broad SMARTS) is 1. The van der Waals surface area contributed by atoms with E-state index in [1.807, 2.05) is 26.0 Å². The Hall–Kier alpha value is -2.32. The lowest BCUT2D eigenvalue weighted by molar-refractivity contribution is -0.149. The zero-order chi connectivity index (χ0) is 23.8. The van der Waals surface area contributed by atoms with Crippen molar-refractivity contribution in [3.8, 4) is 5.75 Å². The van der Waals surface area contributed by atoms with Crippen molar-refractivity contribution < 1.29 is 28.9 Å². The van der Waals surface area contributed by atoms with Gasteiger partial charge < -0.3 is 29.5 Å². The summed E-state index contributed by atoms with van der Waals surface area (Å²) < 4.78 is 16.7. The van der Waals surface area contributed by atoms with Gasteiger partial charge in [0.25, 0.3) is 0 Å². The first-order valence-corrected chi connectivity index (χ1v) is 11.6. The second-order valence-electron chi connectivity index (χ2n) is 7.69. The number of ether oxygens (including phenoxy) is 3. The molecule has 0 saturated carbocycles. The van der Waals surface area contributed by atoms with E-state index in [-0.39, 0.29) is 12.1 Å². The highest BCUT2D eigenvalue weighted by Gasteiger charge is 2.18. The lowest BCUT2D eigenvalue weighted by atomic mass is 10.1. The van der Waals surface area contributed by atoms with Crippen LogP contribution in [0.1, 0.15) is 52.5 Å². The molecule has 8 heteroatoms. The minimum atomic E-state index is -0.971. The molecule has 0 aliphatic rings. The molecule has 0 fully saturated rings. The first-order valence-electron chi connectivity index (χ1n) is 11.6. The minimum Gasteiger partial charge on any atom is -0.492 e. The highest BCUT2D eigenvalue weighted by Crippen LogP contribution is 2.15. The molecule has 0 bridgehead atoms. The largest absolute Gasteiger partial charge is 0.492 e. The Balaban J connectivity index is 2.55. The Bertz CT molecular complexity index is 652. The number of carbonyl (C=O) groups excluding carboxylic acids is 1. The van der Waals surface area contributed by atoms with Gasteiger partial charge in [0.2, 0.25) is 0 Å². The normalized spacial score (nSPS) is 12.8. The molecule has 32 heavy (non-hydrogen) atoms. The van der Waals surface area contributed by atoms with Crippen LogP contribution in [0.25, 0.3) is 0 Å². The number of rotatable bonds is 17. The molecule has 0 aliphatic heterocycles. The summed E-state index contributed by atoms with van der Waals surface area (Å²) in [5.41, 5.74) is 0.858. The maximum absolute atomic E-state index is 12.6. The summed E-state index contributed by atoms with van der Waals surface area (Å²) >= 11 is 0. The Kier molecular flexibility index (Phi) is 14.1. The van der Waals surface area contributed by atoms with E-state index >= 15 is 0 Å². The van der Waals surface area contributed by atoms with Gasteiger partial charge in [-0.2, -0.15) is 0 Å². The molecular weight excluding hydrogens is 412 g/mol. The number of benzene rings is 1. The molecule has 2 atom stereocenters. The van der Waals surface area contributed by atoms with E-state index in [0.717, 1.165) is 24.8 Å². The summed E-state index contributed by atoms with van der Waals surface area (Å²) in [7, 11) is 0. The van der Waals surface area contributed by atoms with Crippen LogP contribution in [0.15, 0.2) is 24.3 Å². The average molecular weight is 453 g/mol. The quantitative estimate of drug-likeness (QED) is 0.350. The summed E-state index contributed by atoms with van der Waals surface area (Å²) in [5.74, 6) is -0.305. The number of unbranched alkanes of at least 4 members (excludes halogenated alkanes) is 1. The molecule has 0 heterocycles. The van der Waals surface area contributed by atoms with Gasteiger partial charge in [0.05, 0.1) is 13.2 Å². The molecule has 1 aromatic rings. The molecule has 0 aromatic heterocycles. The Labute approximate surface area is 192 Å². The second kappa shape index (κ2) is 16.3. The molecule has 2 unspecified atom stereocenters. The number of nitrogens with zero attached hydrogens (tertiary/aromatic N) is 1. The van der Waals surface area contributed by atoms with Crippen LogP contribution in [0.5, 0.6) is 5.75 Å². The first kappa shape index (κ1) is 27.7. The van der Waals surface area contributed by atoms with Crippen LogP contribution in [0.3, 0.4) is 0 Å². The van der Waals surface area contributed by atoms with Crippen molar-refractivity contribution in [3.05, 3.63) is 29.8 Å². The van der Waals surface area contributed by atoms with Crippen molar-refractivity contribution in [3.63, 3.8) is 0 Å². The van der Waals surface area contributed by atoms with Crippen molar-refractivity contribution in [2.75, 3.05) is 39.5 Å². The topological polar surface area (TPSA) is 97.3 Å². The van der Waals surface area contributed by atoms with Gasteiger partial charge in [0.15, 0.2) is 6.10 Å². The minimum absolute atomic E-state index is 0.103. The van der Waals surface area contributed by atoms with Gasteiger partial charge in [-0.05, 0) is 44.4 Å². The van der Waals surface area contributed by atoms with E-state index in [4.69, 9.17) is 14.2 Å². The lowest BCUT2D eigenvalue weighted by Gasteiger charge is -2.25. The lowest BCUT2D eigenvalue weighted by Crippen LogP contribution is -2.46. The Morgan fingerprint density at radius 3 is 2.34 bits per heavy atom. The van der Waals surface area contributed by atoms with Crippen molar-refractivity contribution in [2.24, 2.45) is 0 Å². The van der Waals surface area contributed by atoms with Crippen molar-refractivity contribution in [1.29, 1.82) is 0 Å². The molecule has 0 saturated heterocycles. The third-order valence-electron chi connectivity index (χ3n) is 5.03. The predicted octanol–water partition coefficient (Wildman–Crippen LogP) is 3.72. The van der Waals surface area contributed by atoms with Gasteiger partial charge in [-0.3, -0.25) is 0 Å². The molecule has 8 nitrogen and oxygen atoms in total. The number of hydrogen-bond donors (Lipinski definition) is 2. The predicted molar refractivity (Wildman–Crippen MR) is 124 cm³/mol. The van der Waals surface area contributed by atoms with Crippen LogP contribution < -0.4 is 10.1 Å². The van der Waals surface area contributed by atoms with Crippen LogP contribution in [0.2, 0.25) is 0 Å². The number of carboxylic acids is 1. The number of nitrogens with one attached hydrogen (secondary N) is 1. The highest BCUT2D eigenvalue weighted by molar-refractivity contribution is 5.74. The van der Waals surface area contributed by atoms with Crippen molar-refractivity contribution >= 4 is 12.0 Å². The maximum Gasteiger partial charge on any atom is 0.333 e. The smallest absolute Gasteiger partial charge is 0.333 e. The first-order chi connectivity index (χ1) is 15.4. The Morgan fingerprint density at radius 2 is 1.75 bits per heavy atom. The number of amides is 2. The van der Waals surface area contributed by atoms with Gasteiger partial charge in [0, 0.05) is 32.2 Å². The summed E-state index contributed by atoms with van der Waals surface area (Å²) in [5, 5.41) is 12.2. The van der Waals surface area contributed by atoms with Crippen LogP contribution in [0, 0.1) is 0 Å². The van der Waals surface area contributed by atoms with Crippen LogP contribution in [-0.2, 0) is 20.7 Å². The standard InChI is InChI=1S/C24H40N2O6/c1-5-8-15-30-16-13-26(24(29)25-19(4)6-2)14-17-32-21-11-9-20(10-12-21)18-22(23(27)28)31-7-3/h9-12,19,22H,5-8,13-18H2,1-4H3,(H,25,29)(H,27,28). The number of carbonyl (C=O) groups is 2. The van der Waals surface area contributed by atoms with E-state index < -0.39 is 12.1 Å². The molecule has 0 aliphatic carbocycles. The fourth-order valence-electron chi connectivity index (χ4n) is 2.87. The van der Waals surface area contributed by atoms with Gasteiger partial charge in [0.1, 0.15) is 12.4 Å². The van der Waals surface area contributed by atoms with E-state index in [1.165, 1.54) is 0 Å². The molecule has 0 radical (unpaired) electrons. The van der Waals surface area contributed by atoms with E-state index in [1.54, 1.807) is 24.0 Å². The zero-order valence-corrected chi connectivity index (χ0v) is 20.0. The summed E-state index contributed by atoms with van der Waals surface area (Å²) in [6.45, 7) is 10.7. The van der Waals surface area contributed by atoms with Crippen molar-refractivity contribution in [1.82, 2.24) is 10.2 Å². The highest BCUT2D eigenvalue weighted by atomic mass is 16.5. The molecule has 1 aromatic carbocycles. The number of hydrogen-bond acceptors (Lipinski definition) is 5. The summed E-state index contributed by atoms with van der Waals surface area (Å²) in [6.07, 6.45) is 2.39. The van der Waals surface area contributed by atoms with Crippen molar-refractivity contribution in [2.45, 2.75) is 65.5 Å². The molecule has 182 valence electrons. The average Bonchev–Trinajstić information content (AvgIpc) is 2.78. The third-order valence-corrected chi connectivity index (χ3v) is 5.03. The summed E-state index contributed by atoms with van der Waals surface area (Å²) in [4.78, 5) is 25.5. The van der Waals surface area contributed by atoms with E-state index in [0.29, 0.717) is 51.7 Å². The van der Waals surface area contributed by atoms with Gasteiger partial charge in [-0.15, -0.1) is 0 Å². The van der Waals surface area contributed by atoms with Crippen LogP contribution in [0.4, 0.5) is 4.79 Å². The van der Waals surface area contributed by atoms with E-state index in [9.17, 15) is 14.7 Å². The number of aliphatic carboxylic acids is 1. The summed E-state index contributed by atoms with van der Waals surface area (Å²) in [6, 6.07) is 7.26. The number of urea groups is 1. The van der Waals surface area contributed by atoms with Gasteiger partial charge >= 0.3 is 12.0 Å². The van der Waals surface area contributed by atoms with Gasteiger partial charge in [-0.1, -0.05) is 32.4 Å². The van der Waals surface area contributed by atoms with Crippen LogP contribution >= 0.6 is 0 Å². The zero-order valence-electron chi connectivity index (χ0n) is 20.0. The van der Waals surface area contributed by atoms with Gasteiger partial charge in [-0.25, -0.2) is 9.59 Å². The molecular formula is C24H40N2O6. The maximum atomic E-state index is 12.6. The molecule has 0 spiro atoms. The van der Waals surface area contributed by atoms with Crippen LogP contribution in [-0.4, -0.2) is 73.7 Å². The fraction of sp³-hybridized carbons (Fsp3) is 0.667. The SMILES string of the molecule is CCCCOCCN(CCOc1ccc(CC(OCC)C(=O)O)cc1)C(=O)NC(C)CC.